The van der Waals surface area contributed by atoms with Crippen LogP contribution < -0.4 is 11.1 Å². The number of hydrogen-bond acceptors (Lipinski definition) is 4. The predicted octanol–water partition coefficient (Wildman–Crippen LogP) is 0.976. The lowest BCUT2D eigenvalue weighted by Crippen LogP contribution is -2.40. The Morgan fingerprint density at radius 1 is 1.55 bits per heavy atom. The van der Waals surface area contributed by atoms with Crippen molar-refractivity contribution in [3.05, 3.63) is 28.7 Å². The molecule has 1 atom stereocenters. The molecule has 1 aromatic carbocycles. The number of carbonyl (C=O) groups is 1. The Bertz CT molecular complexity index is 688. The third-order valence-corrected chi connectivity index (χ3v) is 3.29. The first-order chi connectivity index (χ1) is 9.43. The summed E-state index contributed by atoms with van der Waals surface area (Å²) in [4.78, 5) is 24.7. The standard InChI is InChI=1S/C13H17N3O4/c1-8(7-17)15(2)12(18)14-9-4-5-10-11(6-9)20-13(19)16(10)3/h4-6,8,17H,7H2,1-3H3,(H,14,18). The molecular formula is C13H17N3O4. The molecule has 2 rings (SSSR count). The lowest BCUT2D eigenvalue weighted by molar-refractivity contribution is 0.166. The summed E-state index contributed by atoms with van der Waals surface area (Å²) in [6, 6.07) is 4.35. The minimum absolute atomic E-state index is 0.115. The Morgan fingerprint density at radius 3 is 2.90 bits per heavy atom. The monoisotopic (exact) mass is 279 g/mol. The minimum Gasteiger partial charge on any atom is -0.408 e. The highest BCUT2D eigenvalue weighted by molar-refractivity contribution is 5.91. The molecule has 0 radical (unpaired) electrons. The molecule has 0 aliphatic rings. The van der Waals surface area contributed by atoms with E-state index in [9.17, 15) is 9.59 Å². The van der Waals surface area contributed by atoms with Crippen LogP contribution in [0.5, 0.6) is 0 Å². The molecule has 108 valence electrons. The van der Waals surface area contributed by atoms with E-state index in [1.54, 1.807) is 39.2 Å². The van der Waals surface area contributed by atoms with Crippen molar-refractivity contribution in [2.75, 3.05) is 19.0 Å². The fourth-order valence-corrected chi connectivity index (χ4v) is 1.75. The highest BCUT2D eigenvalue weighted by Crippen LogP contribution is 2.18. The summed E-state index contributed by atoms with van der Waals surface area (Å²) in [6.07, 6.45) is 0. The number of benzene rings is 1. The van der Waals surface area contributed by atoms with Crippen LogP contribution >= 0.6 is 0 Å². The lowest BCUT2D eigenvalue weighted by Gasteiger charge is -2.23. The number of amides is 2. The van der Waals surface area contributed by atoms with Gasteiger partial charge in [0.15, 0.2) is 5.58 Å². The van der Waals surface area contributed by atoms with Gasteiger partial charge in [-0.1, -0.05) is 0 Å². The van der Waals surface area contributed by atoms with Crippen LogP contribution in [0.2, 0.25) is 0 Å². The molecule has 1 aromatic heterocycles. The van der Waals surface area contributed by atoms with Crippen LogP contribution in [0, 0.1) is 0 Å². The third kappa shape index (κ3) is 2.53. The molecule has 20 heavy (non-hydrogen) atoms. The van der Waals surface area contributed by atoms with E-state index in [-0.39, 0.29) is 18.7 Å². The van der Waals surface area contributed by atoms with Gasteiger partial charge in [0, 0.05) is 25.8 Å². The van der Waals surface area contributed by atoms with Crippen molar-refractivity contribution in [3.63, 3.8) is 0 Å². The van der Waals surface area contributed by atoms with E-state index >= 15 is 0 Å². The maximum absolute atomic E-state index is 11.9. The number of rotatable bonds is 3. The lowest BCUT2D eigenvalue weighted by atomic mass is 10.3. The number of aromatic nitrogens is 1. The van der Waals surface area contributed by atoms with Crippen molar-refractivity contribution in [2.24, 2.45) is 7.05 Å². The van der Waals surface area contributed by atoms with Gasteiger partial charge in [-0.15, -0.1) is 0 Å². The van der Waals surface area contributed by atoms with E-state index < -0.39 is 5.76 Å². The van der Waals surface area contributed by atoms with Gasteiger partial charge >= 0.3 is 11.8 Å². The normalized spacial score (nSPS) is 12.4. The molecule has 1 unspecified atom stereocenters. The minimum atomic E-state index is -0.450. The second-order valence-corrected chi connectivity index (χ2v) is 4.68. The zero-order valence-electron chi connectivity index (χ0n) is 11.6. The van der Waals surface area contributed by atoms with Crippen LogP contribution in [0.15, 0.2) is 27.4 Å². The number of anilines is 1. The Labute approximate surface area is 115 Å². The number of carbonyl (C=O) groups excluding carboxylic acids is 1. The van der Waals surface area contributed by atoms with Crippen molar-refractivity contribution < 1.29 is 14.3 Å². The van der Waals surface area contributed by atoms with Crippen molar-refractivity contribution in [2.45, 2.75) is 13.0 Å². The number of aliphatic hydroxyl groups excluding tert-OH is 1. The summed E-state index contributed by atoms with van der Waals surface area (Å²) in [7, 11) is 3.21. The number of hydrogen-bond donors (Lipinski definition) is 2. The largest absolute Gasteiger partial charge is 0.419 e. The van der Waals surface area contributed by atoms with Gasteiger partial charge in [-0.05, 0) is 19.1 Å². The summed E-state index contributed by atoms with van der Waals surface area (Å²) in [6.45, 7) is 1.62. The van der Waals surface area contributed by atoms with Gasteiger partial charge in [-0.25, -0.2) is 9.59 Å². The second kappa shape index (κ2) is 5.38. The summed E-state index contributed by atoms with van der Waals surface area (Å²) in [5.74, 6) is -0.450. The zero-order chi connectivity index (χ0) is 14.9. The molecule has 2 amide bonds. The maximum Gasteiger partial charge on any atom is 0.419 e. The maximum atomic E-state index is 11.9. The first-order valence-corrected chi connectivity index (χ1v) is 6.18. The van der Waals surface area contributed by atoms with Crippen LogP contribution in [0.4, 0.5) is 10.5 Å². The smallest absolute Gasteiger partial charge is 0.408 e. The molecule has 2 N–H and O–H groups in total. The van der Waals surface area contributed by atoms with Crippen molar-refractivity contribution in [1.29, 1.82) is 0 Å². The Morgan fingerprint density at radius 2 is 2.25 bits per heavy atom. The van der Waals surface area contributed by atoms with Crippen molar-refractivity contribution >= 4 is 22.8 Å². The molecule has 0 fully saturated rings. The second-order valence-electron chi connectivity index (χ2n) is 4.68. The van der Waals surface area contributed by atoms with Gasteiger partial charge in [-0.2, -0.15) is 0 Å². The molecule has 0 saturated heterocycles. The first kappa shape index (κ1) is 14.1. The molecule has 0 bridgehead atoms. The fourth-order valence-electron chi connectivity index (χ4n) is 1.75. The average molecular weight is 279 g/mol. The van der Waals surface area contributed by atoms with Gasteiger partial charge in [0.1, 0.15) is 0 Å². The number of aliphatic hydroxyl groups is 1. The molecule has 0 aliphatic heterocycles. The van der Waals surface area contributed by atoms with E-state index in [1.165, 1.54) is 9.47 Å². The summed E-state index contributed by atoms with van der Waals surface area (Å²) >= 11 is 0. The molecule has 0 spiro atoms. The highest BCUT2D eigenvalue weighted by atomic mass is 16.4. The van der Waals surface area contributed by atoms with Crippen LogP contribution in [0.1, 0.15) is 6.92 Å². The summed E-state index contributed by atoms with van der Waals surface area (Å²) in [5.41, 5.74) is 1.59. The van der Waals surface area contributed by atoms with E-state index in [4.69, 9.17) is 9.52 Å². The highest BCUT2D eigenvalue weighted by Gasteiger charge is 2.15. The van der Waals surface area contributed by atoms with Crippen LogP contribution in [-0.2, 0) is 7.05 Å². The van der Waals surface area contributed by atoms with Crippen LogP contribution in [0.25, 0.3) is 11.1 Å². The Balaban J connectivity index is 2.22. The van der Waals surface area contributed by atoms with Gasteiger partial charge in [0.25, 0.3) is 0 Å². The molecule has 7 nitrogen and oxygen atoms in total. The van der Waals surface area contributed by atoms with Gasteiger partial charge in [0.05, 0.1) is 18.2 Å². The molecule has 2 aromatic rings. The Kier molecular flexibility index (Phi) is 3.80. The number of oxazole rings is 1. The van der Waals surface area contributed by atoms with E-state index in [0.717, 1.165) is 0 Å². The summed E-state index contributed by atoms with van der Waals surface area (Å²) < 4.78 is 6.44. The topological polar surface area (TPSA) is 87.7 Å². The van der Waals surface area contributed by atoms with E-state index in [1.807, 2.05) is 0 Å². The number of nitrogens with zero attached hydrogens (tertiary/aromatic N) is 2. The fraction of sp³-hybridized carbons (Fsp3) is 0.385. The quantitative estimate of drug-likeness (QED) is 0.876. The molecule has 7 heteroatoms. The number of nitrogens with one attached hydrogen (secondary N) is 1. The number of fused-ring (bicyclic) bond motifs is 1. The molecule has 1 heterocycles. The van der Waals surface area contributed by atoms with Gasteiger partial charge < -0.3 is 19.7 Å². The summed E-state index contributed by atoms with van der Waals surface area (Å²) in [5, 5.41) is 11.7. The van der Waals surface area contributed by atoms with Crippen LogP contribution in [-0.4, -0.2) is 40.3 Å². The Hall–Kier alpha value is -2.28. The molecular weight excluding hydrogens is 262 g/mol. The number of urea groups is 1. The number of aryl methyl sites for hydroxylation is 1. The van der Waals surface area contributed by atoms with E-state index in [0.29, 0.717) is 16.8 Å². The average Bonchev–Trinajstić information content (AvgIpc) is 2.71. The molecule has 0 aliphatic carbocycles. The SMILES string of the molecule is CC(CO)N(C)C(=O)Nc1ccc2c(c1)oc(=O)n2C. The third-order valence-electron chi connectivity index (χ3n) is 3.29. The van der Waals surface area contributed by atoms with Gasteiger partial charge in [-0.3, -0.25) is 4.57 Å². The number of likely N-dealkylation sites (N-methyl/N-ethyl adjacent to an activating group) is 1. The first-order valence-electron chi connectivity index (χ1n) is 6.18. The van der Waals surface area contributed by atoms with Crippen molar-refractivity contribution in [3.8, 4) is 0 Å². The van der Waals surface area contributed by atoms with E-state index in [2.05, 4.69) is 5.32 Å². The zero-order valence-corrected chi connectivity index (χ0v) is 11.6. The predicted molar refractivity (Wildman–Crippen MR) is 74.8 cm³/mol. The van der Waals surface area contributed by atoms with Crippen molar-refractivity contribution in [1.82, 2.24) is 9.47 Å². The van der Waals surface area contributed by atoms with Gasteiger partial charge in [0.2, 0.25) is 0 Å². The molecule has 0 saturated carbocycles. The van der Waals surface area contributed by atoms with Crippen LogP contribution in [0.3, 0.4) is 0 Å².